The fraction of sp³-hybridized carbons (Fsp3) is 0.538. The largest absolute Gasteiger partial charge is 0.467 e. The van der Waals surface area contributed by atoms with Gasteiger partial charge in [-0.15, -0.1) is 15.3 Å². The Morgan fingerprint density at radius 2 is 2.12 bits per heavy atom. The minimum Gasteiger partial charge on any atom is -0.467 e. The van der Waals surface area contributed by atoms with Crippen molar-refractivity contribution in [2.45, 2.75) is 38.0 Å². The molecule has 1 fully saturated rings. The van der Waals surface area contributed by atoms with Crippen molar-refractivity contribution in [1.82, 2.24) is 35.7 Å². The molecule has 3 rings (SSSR count). The molecule has 12 heteroatoms. The molecule has 2 aromatic heterocycles. The number of nitrogens with zero attached hydrogens (tertiary/aromatic N) is 6. The van der Waals surface area contributed by atoms with E-state index < -0.39 is 24.7 Å². The van der Waals surface area contributed by atoms with Crippen LogP contribution >= 0.6 is 0 Å². The summed E-state index contributed by atoms with van der Waals surface area (Å²) in [6, 6.07) is 2.16. The lowest BCUT2D eigenvalue weighted by Crippen LogP contribution is -2.29. The van der Waals surface area contributed by atoms with Crippen molar-refractivity contribution in [3.63, 3.8) is 0 Å². The number of tetrazole rings is 1. The Bertz CT molecular complexity index is 743. The Kier molecular flexibility index (Phi) is 4.51. The maximum Gasteiger partial charge on any atom is 0.422 e. The molecule has 0 radical (unpaired) electrons. The molecule has 1 aliphatic carbocycles. The molecule has 1 aliphatic rings. The highest BCUT2D eigenvalue weighted by molar-refractivity contribution is 5.92. The van der Waals surface area contributed by atoms with Gasteiger partial charge >= 0.3 is 6.18 Å². The minimum absolute atomic E-state index is 0.0587. The van der Waals surface area contributed by atoms with E-state index >= 15 is 0 Å². The van der Waals surface area contributed by atoms with Crippen LogP contribution in [0.5, 0.6) is 5.88 Å². The van der Waals surface area contributed by atoms with Gasteiger partial charge in [0.25, 0.3) is 5.91 Å². The summed E-state index contributed by atoms with van der Waals surface area (Å²) >= 11 is 0. The second-order valence-corrected chi connectivity index (χ2v) is 5.57. The summed E-state index contributed by atoms with van der Waals surface area (Å²) in [4.78, 5) is 12.2. The first-order valence-corrected chi connectivity index (χ1v) is 7.45. The van der Waals surface area contributed by atoms with Gasteiger partial charge in [0.1, 0.15) is 0 Å². The predicted molar refractivity (Wildman–Crippen MR) is 75.6 cm³/mol. The first-order valence-electron chi connectivity index (χ1n) is 7.45. The summed E-state index contributed by atoms with van der Waals surface area (Å²) in [7, 11) is 0. The van der Waals surface area contributed by atoms with Crippen molar-refractivity contribution in [3.05, 3.63) is 23.7 Å². The lowest BCUT2D eigenvalue weighted by Gasteiger charge is -2.13. The number of alkyl halides is 3. The van der Waals surface area contributed by atoms with Gasteiger partial charge in [0.2, 0.25) is 5.88 Å². The van der Waals surface area contributed by atoms with Crippen molar-refractivity contribution < 1.29 is 22.7 Å². The highest BCUT2D eigenvalue weighted by Crippen LogP contribution is 2.35. The van der Waals surface area contributed by atoms with Gasteiger partial charge < -0.3 is 10.1 Å². The van der Waals surface area contributed by atoms with Crippen molar-refractivity contribution in [2.75, 3.05) is 6.61 Å². The topological polar surface area (TPSA) is 108 Å². The normalized spacial score (nSPS) is 15.7. The van der Waals surface area contributed by atoms with Crippen LogP contribution in [0.15, 0.2) is 12.1 Å². The van der Waals surface area contributed by atoms with E-state index in [0.29, 0.717) is 5.82 Å². The van der Waals surface area contributed by atoms with Crippen LogP contribution in [0.2, 0.25) is 0 Å². The standard InChI is InChI=1S/C13H14F3N7O2/c1-7(11-20-21-22-23(11)8-2-3-8)17-12(24)9-4-5-10(19-18-9)25-6-13(14,15)16/h4-5,7-8H,2-3,6H2,1H3,(H,17,24). The molecule has 25 heavy (non-hydrogen) atoms. The summed E-state index contributed by atoms with van der Waals surface area (Å²) in [6.45, 7) is 0.241. The summed E-state index contributed by atoms with van der Waals surface area (Å²) in [5.74, 6) is -0.346. The first-order chi connectivity index (χ1) is 11.8. The zero-order chi connectivity index (χ0) is 18.0. The molecule has 1 N–H and O–H groups in total. The van der Waals surface area contributed by atoms with E-state index in [4.69, 9.17) is 0 Å². The van der Waals surface area contributed by atoms with Gasteiger partial charge in [-0.3, -0.25) is 4.79 Å². The maximum atomic E-state index is 12.2. The van der Waals surface area contributed by atoms with Gasteiger partial charge in [-0.25, -0.2) is 4.68 Å². The van der Waals surface area contributed by atoms with Crippen molar-refractivity contribution in [2.24, 2.45) is 0 Å². The van der Waals surface area contributed by atoms with E-state index in [0.717, 1.165) is 18.9 Å². The van der Waals surface area contributed by atoms with Gasteiger partial charge in [0.05, 0.1) is 12.1 Å². The Morgan fingerprint density at radius 3 is 2.72 bits per heavy atom. The third kappa shape index (κ3) is 4.39. The molecule has 0 saturated heterocycles. The molecule has 1 unspecified atom stereocenters. The Labute approximate surface area is 139 Å². The highest BCUT2D eigenvalue weighted by atomic mass is 19.4. The Hall–Kier alpha value is -2.79. The number of amides is 1. The number of halogens is 3. The van der Waals surface area contributed by atoms with Crippen LogP contribution in [0.1, 0.15) is 48.2 Å². The van der Waals surface area contributed by atoms with Crippen LogP contribution in [-0.4, -0.2) is 49.1 Å². The zero-order valence-corrected chi connectivity index (χ0v) is 13.1. The van der Waals surface area contributed by atoms with Crippen molar-refractivity contribution in [1.29, 1.82) is 0 Å². The van der Waals surface area contributed by atoms with E-state index in [1.807, 2.05) is 0 Å². The molecule has 134 valence electrons. The fourth-order valence-electron chi connectivity index (χ4n) is 2.07. The Balaban J connectivity index is 1.60. The monoisotopic (exact) mass is 357 g/mol. The fourth-order valence-corrected chi connectivity index (χ4v) is 2.07. The van der Waals surface area contributed by atoms with Crippen LogP contribution in [0, 0.1) is 0 Å². The highest BCUT2D eigenvalue weighted by Gasteiger charge is 2.30. The van der Waals surface area contributed by atoms with E-state index in [2.05, 4.69) is 35.8 Å². The number of aromatic nitrogens is 6. The van der Waals surface area contributed by atoms with Gasteiger partial charge in [-0.2, -0.15) is 13.2 Å². The summed E-state index contributed by atoms with van der Waals surface area (Å²) in [6.07, 6.45) is -2.49. The van der Waals surface area contributed by atoms with Gasteiger partial charge in [-0.1, -0.05) is 0 Å². The average Bonchev–Trinajstić information content (AvgIpc) is 3.29. The molecule has 0 bridgehead atoms. The molecular formula is C13H14F3N7O2. The third-order valence-electron chi connectivity index (χ3n) is 3.40. The van der Waals surface area contributed by atoms with Gasteiger partial charge in [0, 0.05) is 6.07 Å². The van der Waals surface area contributed by atoms with Crippen LogP contribution in [0.25, 0.3) is 0 Å². The number of ether oxygens (including phenoxy) is 1. The van der Waals surface area contributed by atoms with E-state index in [1.165, 1.54) is 6.07 Å². The van der Waals surface area contributed by atoms with Crippen molar-refractivity contribution >= 4 is 5.91 Å². The molecule has 1 saturated carbocycles. The van der Waals surface area contributed by atoms with Crippen LogP contribution in [0.4, 0.5) is 13.2 Å². The van der Waals surface area contributed by atoms with Crippen LogP contribution in [0.3, 0.4) is 0 Å². The molecule has 1 amide bonds. The van der Waals surface area contributed by atoms with E-state index in [1.54, 1.807) is 11.6 Å². The van der Waals surface area contributed by atoms with E-state index in [9.17, 15) is 18.0 Å². The number of rotatable bonds is 6. The predicted octanol–water partition coefficient (Wildman–Crippen LogP) is 1.23. The van der Waals surface area contributed by atoms with Crippen LogP contribution < -0.4 is 10.1 Å². The second-order valence-electron chi connectivity index (χ2n) is 5.57. The minimum atomic E-state index is -4.47. The second kappa shape index (κ2) is 6.61. The van der Waals surface area contributed by atoms with E-state index in [-0.39, 0.29) is 17.6 Å². The lowest BCUT2D eigenvalue weighted by atomic mass is 10.3. The summed E-state index contributed by atoms with van der Waals surface area (Å²) in [5, 5.41) is 21.1. The third-order valence-corrected chi connectivity index (χ3v) is 3.40. The number of carbonyl (C=O) groups excluding carboxylic acids is 1. The number of hydrogen-bond acceptors (Lipinski definition) is 7. The quantitative estimate of drug-likeness (QED) is 0.828. The SMILES string of the molecule is CC(NC(=O)c1ccc(OCC(F)(F)F)nn1)c1nnnn1C1CC1. The number of carbonyl (C=O) groups is 1. The van der Waals surface area contributed by atoms with Gasteiger partial charge in [-0.05, 0) is 36.3 Å². The average molecular weight is 357 g/mol. The molecule has 0 aliphatic heterocycles. The molecule has 0 spiro atoms. The lowest BCUT2D eigenvalue weighted by molar-refractivity contribution is -0.154. The molecule has 9 nitrogen and oxygen atoms in total. The first kappa shape index (κ1) is 17.0. The summed E-state index contributed by atoms with van der Waals surface area (Å²) < 4.78 is 42.3. The molecule has 2 heterocycles. The summed E-state index contributed by atoms with van der Waals surface area (Å²) in [5.41, 5.74) is -0.0587. The van der Waals surface area contributed by atoms with Gasteiger partial charge in [0.15, 0.2) is 18.1 Å². The molecular weight excluding hydrogens is 343 g/mol. The zero-order valence-electron chi connectivity index (χ0n) is 13.1. The van der Waals surface area contributed by atoms with Crippen LogP contribution in [-0.2, 0) is 0 Å². The molecule has 2 aromatic rings. The number of hydrogen-bond donors (Lipinski definition) is 1. The molecule has 0 aromatic carbocycles. The Morgan fingerprint density at radius 1 is 1.36 bits per heavy atom. The maximum absolute atomic E-state index is 12.2. The smallest absolute Gasteiger partial charge is 0.422 e. The number of nitrogens with one attached hydrogen (secondary N) is 1. The van der Waals surface area contributed by atoms with Crippen molar-refractivity contribution in [3.8, 4) is 5.88 Å². The molecule has 1 atom stereocenters.